The normalized spacial score (nSPS) is 10.4. The van der Waals surface area contributed by atoms with Crippen molar-refractivity contribution in [2.45, 2.75) is 0 Å². The van der Waals surface area contributed by atoms with Gasteiger partial charge in [-0.3, -0.25) is 4.98 Å². The number of aromatic nitrogens is 3. The molecular weight excluding hydrogens is 282 g/mol. The van der Waals surface area contributed by atoms with Crippen molar-refractivity contribution in [3.8, 4) is 28.4 Å². The number of nitrogens with one attached hydrogen (secondary N) is 1. The minimum absolute atomic E-state index is 0.0454. The number of aromatic carboxylic acids is 1. The molecule has 110 valence electrons. The molecule has 0 radical (unpaired) electrons. The maximum Gasteiger partial charge on any atom is 0.354 e. The van der Waals surface area contributed by atoms with E-state index in [-0.39, 0.29) is 5.69 Å². The molecule has 3 rings (SSSR count). The fourth-order valence-electron chi connectivity index (χ4n) is 2.15. The van der Waals surface area contributed by atoms with Gasteiger partial charge in [-0.25, -0.2) is 9.78 Å². The SMILES string of the molecule is COc1cccc(-c2nc(-c3ccncc3)c(C(=O)O)[nH]2)c1. The van der Waals surface area contributed by atoms with Crippen molar-refractivity contribution < 1.29 is 14.6 Å². The zero-order chi connectivity index (χ0) is 15.5. The number of pyridine rings is 1. The number of hydrogen-bond acceptors (Lipinski definition) is 4. The number of carboxylic acid groups (broad SMARTS) is 1. The Kier molecular flexibility index (Phi) is 3.57. The molecule has 0 aliphatic rings. The van der Waals surface area contributed by atoms with E-state index in [1.54, 1.807) is 37.7 Å². The van der Waals surface area contributed by atoms with Crippen LogP contribution in [0.4, 0.5) is 0 Å². The molecule has 2 N–H and O–H groups in total. The number of imidazole rings is 1. The van der Waals surface area contributed by atoms with E-state index in [1.165, 1.54) is 0 Å². The maximum atomic E-state index is 11.5. The smallest absolute Gasteiger partial charge is 0.354 e. The predicted molar refractivity (Wildman–Crippen MR) is 80.8 cm³/mol. The van der Waals surface area contributed by atoms with Gasteiger partial charge in [0.1, 0.15) is 17.3 Å². The van der Waals surface area contributed by atoms with Crippen molar-refractivity contribution in [3.63, 3.8) is 0 Å². The monoisotopic (exact) mass is 295 g/mol. The maximum absolute atomic E-state index is 11.5. The highest BCUT2D eigenvalue weighted by Crippen LogP contribution is 2.27. The standard InChI is InChI=1S/C16H13N3O3/c1-22-12-4-2-3-11(9-12)15-18-13(14(19-15)16(20)21)10-5-7-17-8-6-10/h2-9H,1H3,(H,18,19)(H,20,21). The van der Waals surface area contributed by atoms with Gasteiger partial charge < -0.3 is 14.8 Å². The van der Waals surface area contributed by atoms with Gasteiger partial charge in [0, 0.05) is 23.5 Å². The van der Waals surface area contributed by atoms with E-state index in [1.807, 2.05) is 18.2 Å². The third kappa shape index (κ3) is 2.54. The van der Waals surface area contributed by atoms with E-state index < -0.39 is 5.97 Å². The van der Waals surface area contributed by atoms with E-state index >= 15 is 0 Å². The van der Waals surface area contributed by atoms with Crippen LogP contribution in [0.15, 0.2) is 48.8 Å². The Labute approximate surface area is 126 Å². The van der Waals surface area contributed by atoms with Crippen LogP contribution in [0.3, 0.4) is 0 Å². The lowest BCUT2D eigenvalue weighted by atomic mass is 10.1. The third-order valence-corrected chi connectivity index (χ3v) is 3.21. The lowest BCUT2D eigenvalue weighted by Crippen LogP contribution is -1.99. The number of methoxy groups -OCH3 is 1. The minimum atomic E-state index is -1.06. The zero-order valence-corrected chi connectivity index (χ0v) is 11.8. The summed E-state index contributed by atoms with van der Waals surface area (Å²) in [5.74, 6) is 0.0906. The van der Waals surface area contributed by atoms with E-state index in [2.05, 4.69) is 15.0 Å². The Hall–Kier alpha value is -3.15. The molecule has 2 aromatic heterocycles. The molecule has 0 aliphatic carbocycles. The number of nitrogens with zero attached hydrogens (tertiary/aromatic N) is 2. The Morgan fingerprint density at radius 3 is 2.64 bits per heavy atom. The summed E-state index contributed by atoms with van der Waals surface area (Å²) in [5, 5.41) is 9.38. The molecule has 0 spiro atoms. The second-order valence-electron chi connectivity index (χ2n) is 4.58. The summed E-state index contributed by atoms with van der Waals surface area (Å²) in [6, 6.07) is 10.7. The van der Waals surface area contributed by atoms with Crippen LogP contribution in [0.1, 0.15) is 10.5 Å². The minimum Gasteiger partial charge on any atom is -0.497 e. The number of carbonyl (C=O) groups is 1. The molecular formula is C16H13N3O3. The van der Waals surface area contributed by atoms with Gasteiger partial charge in [0.05, 0.1) is 7.11 Å². The van der Waals surface area contributed by atoms with Gasteiger partial charge in [0.15, 0.2) is 5.69 Å². The largest absolute Gasteiger partial charge is 0.497 e. The van der Waals surface area contributed by atoms with Crippen molar-refractivity contribution in [2.75, 3.05) is 7.11 Å². The van der Waals surface area contributed by atoms with Gasteiger partial charge in [-0.1, -0.05) is 12.1 Å². The quantitative estimate of drug-likeness (QED) is 0.772. The second-order valence-corrected chi connectivity index (χ2v) is 4.58. The van der Waals surface area contributed by atoms with E-state index in [0.29, 0.717) is 22.8 Å². The molecule has 0 fully saturated rings. The summed E-state index contributed by atoms with van der Waals surface area (Å²) in [6.45, 7) is 0. The Morgan fingerprint density at radius 2 is 1.95 bits per heavy atom. The lowest BCUT2D eigenvalue weighted by Gasteiger charge is -2.01. The number of benzene rings is 1. The van der Waals surface area contributed by atoms with Crippen LogP contribution >= 0.6 is 0 Å². The molecule has 1 aromatic carbocycles. The second kappa shape index (κ2) is 5.69. The number of aromatic amines is 1. The van der Waals surface area contributed by atoms with Crippen LogP contribution in [0.2, 0.25) is 0 Å². The zero-order valence-electron chi connectivity index (χ0n) is 11.8. The summed E-state index contributed by atoms with van der Waals surface area (Å²) in [5.41, 5.74) is 1.87. The fraction of sp³-hybridized carbons (Fsp3) is 0.0625. The molecule has 0 amide bonds. The van der Waals surface area contributed by atoms with Crippen molar-refractivity contribution in [2.24, 2.45) is 0 Å². The van der Waals surface area contributed by atoms with Crippen LogP contribution in [0.25, 0.3) is 22.6 Å². The number of carboxylic acids is 1. The predicted octanol–water partition coefficient (Wildman–Crippen LogP) is 2.85. The molecule has 0 saturated carbocycles. The van der Waals surface area contributed by atoms with Gasteiger partial charge in [-0.15, -0.1) is 0 Å². The highest BCUT2D eigenvalue weighted by molar-refractivity contribution is 5.94. The average Bonchev–Trinajstić information content (AvgIpc) is 3.01. The Morgan fingerprint density at radius 1 is 1.18 bits per heavy atom. The Bertz CT molecular complexity index is 813. The van der Waals surface area contributed by atoms with E-state index in [4.69, 9.17) is 4.74 Å². The number of hydrogen-bond donors (Lipinski definition) is 2. The van der Waals surface area contributed by atoms with Gasteiger partial charge in [-0.2, -0.15) is 0 Å². The first-order valence-corrected chi connectivity index (χ1v) is 6.57. The molecule has 0 aliphatic heterocycles. The van der Waals surface area contributed by atoms with Crippen molar-refractivity contribution >= 4 is 5.97 Å². The lowest BCUT2D eigenvalue weighted by molar-refractivity contribution is 0.0692. The molecule has 22 heavy (non-hydrogen) atoms. The number of H-pyrrole nitrogens is 1. The molecule has 2 heterocycles. The topological polar surface area (TPSA) is 88.1 Å². The first-order valence-electron chi connectivity index (χ1n) is 6.57. The van der Waals surface area contributed by atoms with E-state index in [9.17, 15) is 9.90 Å². The molecule has 0 saturated heterocycles. The van der Waals surface area contributed by atoms with Crippen LogP contribution in [0, 0.1) is 0 Å². The molecule has 0 atom stereocenters. The molecule has 0 bridgehead atoms. The summed E-state index contributed by atoms with van der Waals surface area (Å²) < 4.78 is 5.18. The average molecular weight is 295 g/mol. The van der Waals surface area contributed by atoms with Crippen molar-refractivity contribution in [3.05, 3.63) is 54.5 Å². The van der Waals surface area contributed by atoms with Crippen LogP contribution < -0.4 is 4.74 Å². The fourth-order valence-corrected chi connectivity index (χ4v) is 2.15. The van der Waals surface area contributed by atoms with Crippen molar-refractivity contribution in [1.29, 1.82) is 0 Å². The highest BCUT2D eigenvalue weighted by Gasteiger charge is 2.18. The summed E-state index contributed by atoms with van der Waals surface area (Å²) in [7, 11) is 1.58. The van der Waals surface area contributed by atoms with Crippen LogP contribution in [-0.4, -0.2) is 33.1 Å². The summed E-state index contributed by atoms with van der Waals surface area (Å²) in [4.78, 5) is 22.7. The van der Waals surface area contributed by atoms with Crippen molar-refractivity contribution in [1.82, 2.24) is 15.0 Å². The number of ether oxygens (including phenoxy) is 1. The third-order valence-electron chi connectivity index (χ3n) is 3.21. The van der Waals surface area contributed by atoms with Gasteiger partial charge in [0.2, 0.25) is 0 Å². The van der Waals surface area contributed by atoms with Crippen LogP contribution in [-0.2, 0) is 0 Å². The molecule has 3 aromatic rings. The van der Waals surface area contributed by atoms with Crippen LogP contribution in [0.5, 0.6) is 5.75 Å². The summed E-state index contributed by atoms with van der Waals surface area (Å²) >= 11 is 0. The number of rotatable bonds is 4. The first-order chi connectivity index (χ1) is 10.7. The first kappa shape index (κ1) is 13.8. The van der Waals surface area contributed by atoms with E-state index in [0.717, 1.165) is 5.56 Å². The molecule has 6 heteroatoms. The van der Waals surface area contributed by atoms with Gasteiger partial charge >= 0.3 is 5.97 Å². The molecule has 0 unspecified atom stereocenters. The molecule has 6 nitrogen and oxygen atoms in total. The highest BCUT2D eigenvalue weighted by atomic mass is 16.5. The van der Waals surface area contributed by atoms with Gasteiger partial charge in [0.25, 0.3) is 0 Å². The van der Waals surface area contributed by atoms with Gasteiger partial charge in [-0.05, 0) is 24.3 Å². The summed E-state index contributed by atoms with van der Waals surface area (Å²) in [6.07, 6.45) is 3.20. The Balaban J connectivity index is 2.13.